The van der Waals surface area contributed by atoms with Crippen LogP contribution in [0.5, 0.6) is 0 Å². The zero-order valence-corrected chi connectivity index (χ0v) is 10.7. The van der Waals surface area contributed by atoms with Gasteiger partial charge in [0.1, 0.15) is 0 Å². The fourth-order valence-corrected chi connectivity index (χ4v) is 2.32. The Morgan fingerprint density at radius 1 is 1.47 bits per heavy atom. The molecular formula is C12H11N5OS. The van der Waals surface area contributed by atoms with Crippen LogP contribution in [0.4, 0.5) is 5.13 Å². The van der Waals surface area contributed by atoms with Gasteiger partial charge in [-0.3, -0.25) is 4.79 Å². The number of nitrogens with one attached hydrogen (secondary N) is 2. The smallest absolute Gasteiger partial charge is 0.251 e. The van der Waals surface area contributed by atoms with Crippen molar-refractivity contribution in [3.8, 4) is 0 Å². The highest BCUT2D eigenvalue weighted by Gasteiger charge is 2.08. The number of hydrogen-bond donors (Lipinski definition) is 3. The molecule has 1 amide bonds. The van der Waals surface area contributed by atoms with E-state index in [1.165, 1.54) is 11.3 Å². The summed E-state index contributed by atoms with van der Waals surface area (Å²) in [5.41, 5.74) is 8.55. The second kappa shape index (κ2) is 4.69. The van der Waals surface area contributed by atoms with E-state index in [4.69, 9.17) is 5.73 Å². The molecule has 2 aromatic heterocycles. The first-order valence-electron chi connectivity index (χ1n) is 5.63. The minimum Gasteiger partial charge on any atom is -0.375 e. The van der Waals surface area contributed by atoms with E-state index in [0.29, 0.717) is 17.2 Å². The number of rotatable bonds is 3. The lowest BCUT2D eigenvalue weighted by molar-refractivity contribution is 0.0950. The molecule has 0 aliphatic heterocycles. The molecule has 3 aromatic rings. The van der Waals surface area contributed by atoms with Gasteiger partial charge < -0.3 is 16.0 Å². The Balaban J connectivity index is 1.72. The number of anilines is 1. The van der Waals surface area contributed by atoms with Gasteiger partial charge in [0.25, 0.3) is 5.91 Å². The minimum absolute atomic E-state index is 0.150. The molecule has 0 bridgehead atoms. The first-order valence-corrected chi connectivity index (χ1v) is 6.51. The molecule has 0 saturated heterocycles. The summed E-state index contributed by atoms with van der Waals surface area (Å²) in [6, 6.07) is 5.32. The molecule has 1 aromatic carbocycles. The summed E-state index contributed by atoms with van der Waals surface area (Å²) in [6.45, 7) is 0.369. The highest BCUT2D eigenvalue weighted by atomic mass is 32.1. The van der Waals surface area contributed by atoms with Crippen molar-refractivity contribution in [2.45, 2.75) is 6.54 Å². The third kappa shape index (κ3) is 2.41. The van der Waals surface area contributed by atoms with Crippen LogP contribution in [0, 0.1) is 0 Å². The number of imidazole rings is 1. The van der Waals surface area contributed by atoms with Gasteiger partial charge in [-0.1, -0.05) is 0 Å². The summed E-state index contributed by atoms with van der Waals surface area (Å²) in [5.74, 6) is -0.150. The number of H-pyrrole nitrogens is 1. The van der Waals surface area contributed by atoms with Crippen LogP contribution in [-0.2, 0) is 6.54 Å². The normalized spacial score (nSPS) is 10.7. The average molecular weight is 273 g/mol. The predicted molar refractivity (Wildman–Crippen MR) is 73.8 cm³/mol. The predicted octanol–water partition coefficient (Wildman–Crippen LogP) is 1.53. The van der Waals surface area contributed by atoms with Crippen molar-refractivity contribution in [2.75, 3.05) is 5.73 Å². The van der Waals surface area contributed by atoms with Crippen LogP contribution in [0.1, 0.15) is 16.1 Å². The van der Waals surface area contributed by atoms with Crippen LogP contribution in [0.2, 0.25) is 0 Å². The van der Waals surface area contributed by atoms with Crippen molar-refractivity contribution >= 4 is 33.4 Å². The molecule has 0 aliphatic carbocycles. The van der Waals surface area contributed by atoms with Crippen LogP contribution in [0.15, 0.2) is 29.9 Å². The Morgan fingerprint density at radius 3 is 3.16 bits per heavy atom. The number of carbonyl (C=O) groups is 1. The lowest BCUT2D eigenvalue weighted by atomic mass is 10.2. The van der Waals surface area contributed by atoms with Crippen LogP contribution < -0.4 is 11.1 Å². The van der Waals surface area contributed by atoms with Gasteiger partial charge in [-0.05, 0) is 18.2 Å². The summed E-state index contributed by atoms with van der Waals surface area (Å²) in [4.78, 5) is 23.2. The molecule has 0 radical (unpaired) electrons. The maximum atomic E-state index is 12.0. The van der Waals surface area contributed by atoms with E-state index < -0.39 is 0 Å². The van der Waals surface area contributed by atoms with E-state index in [2.05, 4.69) is 20.3 Å². The number of thiazole rings is 1. The number of fused-ring (bicyclic) bond motifs is 1. The second-order valence-electron chi connectivity index (χ2n) is 3.99. The molecule has 96 valence electrons. The van der Waals surface area contributed by atoms with Crippen LogP contribution in [0.3, 0.4) is 0 Å². The zero-order chi connectivity index (χ0) is 13.2. The average Bonchev–Trinajstić information content (AvgIpc) is 3.03. The molecule has 19 heavy (non-hydrogen) atoms. The van der Waals surface area contributed by atoms with Crippen molar-refractivity contribution in [3.05, 3.63) is 41.2 Å². The number of benzene rings is 1. The minimum atomic E-state index is -0.150. The summed E-state index contributed by atoms with van der Waals surface area (Å²) in [5, 5.41) is 5.13. The van der Waals surface area contributed by atoms with E-state index >= 15 is 0 Å². The summed E-state index contributed by atoms with van der Waals surface area (Å²) in [6.07, 6.45) is 1.60. The number of carbonyl (C=O) groups excluding carboxylic acids is 1. The molecule has 0 spiro atoms. The number of nitrogens with two attached hydrogens (primary N) is 1. The van der Waals surface area contributed by atoms with Gasteiger partial charge in [-0.15, -0.1) is 11.3 Å². The van der Waals surface area contributed by atoms with Gasteiger partial charge in [0, 0.05) is 10.9 Å². The molecule has 0 unspecified atom stereocenters. The van der Waals surface area contributed by atoms with Gasteiger partial charge in [0.15, 0.2) is 5.13 Å². The Hall–Kier alpha value is -2.41. The van der Waals surface area contributed by atoms with Gasteiger partial charge in [0.05, 0.1) is 29.6 Å². The fraction of sp³-hybridized carbons (Fsp3) is 0.0833. The highest BCUT2D eigenvalue weighted by Crippen LogP contribution is 2.13. The number of aromatic nitrogens is 3. The lowest BCUT2D eigenvalue weighted by Gasteiger charge is -2.03. The molecule has 7 heteroatoms. The maximum absolute atomic E-state index is 12.0. The van der Waals surface area contributed by atoms with Gasteiger partial charge in [-0.25, -0.2) is 9.97 Å². The van der Waals surface area contributed by atoms with E-state index in [-0.39, 0.29) is 5.91 Å². The molecule has 0 aliphatic rings. The van der Waals surface area contributed by atoms with Gasteiger partial charge >= 0.3 is 0 Å². The number of aromatic amines is 1. The summed E-state index contributed by atoms with van der Waals surface area (Å²) in [7, 11) is 0. The molecular weight excluding hydrogens is 262 g/mol. The Kier molecular flexibility index (Phi) is 2.88. The van der Waals surface area contributed by atoms with Crippen LogP contribution in [0.25, 0.3) is 11.0 Å². The van der Waals surface area contributed by atoms with Crippen molar-refractivity contribution in [3.63, 3.8) is 0 Å². The number of amides is 1. The lowest BCUT2D eigenvalue weighted by Crippen LogP contribution is -2.22. The molecule has 3 rings (SSSR count). The molecule has 2 heterocycles. The van der Waals surface area contributed by atoms with Gasteiger partial charge in [-0.2, -0.15) is 0 Å². The van der Waals surface area contributed by atoms with E-state index in [0.717, 1.165) is 16.7 Å². The van der Waals surface area contributed by atoms with Crippen molar-refractivity contribution in [1.82, 2.24) is 20.3 Å². The van der Waals surface area contributed by atoms with E-state index in [1.807, 2.05) is 11.4 Å². The molecule has 0 atom stereocenters. The highest BCUT2D eigenvalue weighted by molar-refractivity contribution is 7.13. The largest absolute Gasteiger partial charge is 0.375 e. The number of hydrogen-bond acceptors (Lipinski definition) is 5. The summed E-state index contributed by atoms with van der Waals surface area (Å²) < 4.78 is 0. The Morgan fingerprint density at radius 2 is 2.37 bits per heavy atom. The molecule has 4 N–H and O–H groups in total. The third-order valence-electron chi connectivity index (χ3n) is 2.68. The molecule has 0 fully saturated rings. The first-order chi connectivity index (χ1) is 9.22. The monoisotopic (exact) mass is 273 g/mol. The fourth-order valence-electron chi connectivity index (χ4n) is 1.75. The molecule has 0 saturated carbocycles. The van der Waals surface area contributed by atoms with Gasteiger partial charge in [0.2, 0.25) is 0 Å². The Bertz CT molecular complexity index is 732. The van der Waals surface area contributed by atoms with Crippen molar-refractivity contribution in [2.24, 2.45) is 0 Å². The SMILES string of the molecule is Nc1nc(CNC(=O)c2ccc3nc[nH]c3c2)cs1. The Labute approximate surface area is 112 Å². The molecule has 6 nitrogen and oxygen atoms in total. The zero-order valence-electron chi connectivity index (χ0n) is 9.88. The number of nitrogen functional groups attached to an aromatic ring is 1. The second-order valence-corrected chi connectivity index (χ2v) is 4.88. The standard InChI is InChI=1S/C12H11N5OS/c13-12-17-8(5-19-12)4-14-11(18)7-1-2-9-10(3-7)16-6-15-9/h1-3,5-6H,4H2,(H2,13,17)(H,14,18)(H,15,16). The van der Waals surface area contributed by atoms with E-state index in [9.17, 15) is 4.79 Å². The topological polar surface area (TPSA) is 96.7 Å². The van der Waals surface area contributed by atoms with Crippen LogP contribution in [-0.4, -0.2) is 20.9 Å². The summed E-state index contributed by atoms with van der Waals surface area (Å²) >= 11 is 1.36. The first kappa shape index (κ1) is 11.7. The number of nitrogens with zero attached hydrogens (tertiary/aromatic N) is 2. The maximum Gasteiger partial charge on any atom is 0.251 e. The van der Waals surface area contributed by atoms with E-state index in [1.54, 1.807) is 18.5 Å². The van der Waals surface area contributed by atoms with Crippen molar-refractivity contribution < 1.29 is 4.79 Å². The third-order valence-corrected chi connectivity index (χ3v) is 3.40. The van der Waals surface area contributed by atoms with Crippen LogP contribution >= 0.6 is 11.3 Å². The van der Waals surface area contributed by atoms with Crippen molar-refractivity contribution in [1.29, 1.82) is 0 Å². The quantitative estimate of drug-likeness (QED) is 0.674.